The van der Waals surface area contributed by atoms with Crippen molar-refractivity contribution in [3.63, 3.8) is 0 Å². The van der Waals surface area contributed by atoms with Crippen molar-refractivity contribution < 1.29 is 19.8 Å². The first kappa shape index (κ1) is 13.3. The van der Waals surface area contributed by atoms with E-state index in [1.807, 2.05) is 6.07 Å². The number of halogens is 1. The van der Waals surface area contributed by atoms with Crippen LogP contribution in [0, 0.1) is 3.57 Å². The lowest BCUT2D eigenvalue weighted by Gasteiger charge is -2.21. The molecule has 6 heteroatoms. The second-order valence-electron chi connectivity index (χ2n) is 4.21. The molecule has 0 saturated carbocycles. The maximum absolute atomic E-state index is 12.2. The van der Waals surface area contributed by atoms with Gasteiger partial charge in [0.05, 0.1) is 6.10 Å². The summed E-state index contributed by atoms with van der Waals surface area (Å²) in [4.78, 5) is 24.5. The van der Waals surface area contributed by atoms with Crippen LogP contribution in [0.3, 0.4) is 0 Å². The minimum atomic E-state index is -1.08. The number of carbonyl (C=O) groups is 2. The molecule has 18 heavy (non-hydrogen) atoms. The van der Waals surface area contributed by atoms with Crippen molar-refractivity contribution in [1.29, 1.82) is 0 Å². The molecule has 0 bridgehead atoms. The summed E-state index contributed by atoms with van der Waals surface area (Å²) in [5, 5.41) is 18.6. The van der Waals surface area contributed by atoms with Crippen LogP contribution in [-0.4, -0.2) is 45.7 Å². The molecule has 2 atom stereocenters. The van der Waals surface area contributed by atoms with Gasteiger partial charge in [-0.05, 0) is 40.8 Å². The summed E-state index contributed by atoms with van der Waals surface area (Å²) in [5.41, 5.74) is 0.447. The van der Waals surface area contributed by atoms with E-state index in [1.165, 1.54) is 4.90 Å². The van der Waals surface area contributed by atoms with Crippen molar-refractivity contribution in [3.8, 4) is 0 Å². The minimum Gasteiger partial charge on any atom is -0.480 e. The Bertz CT molecular complexity index is 491. The number of benzene rings is 1. The van der Waals surface area contributed by atoms with Gasteiger partial charge in [0.2, 0.25) is 0 Å². The number of hydrogen-bond donors (Lipinski definition) is 2. The third kappa shape index (κ3) is 2.64. The van der Waals surface area contributed by atoms with Crippen LogP contribution in [0.5, 0.6) is 0 Å². The van der Waals surface area contributed by atoms with Gasteiger partial charge in [-0.2, -0.15) is 0 Å². The summed E-state index contributed by atoms with van der Waals surface area (Å²) < 4.78 is 0.907. The van der Waals surface area contributed by atoms with E-state index in [4.69, 9.17) is 5.11 Å². The standard InChI is InChI=1S/C12H12INO4/c13-8-3-1-2-7(4-8)11(16)14-6-9(15)5-10(14)12(17)18/h1-4,9-10,15H,5-6H2,(H,17,18). The highest BCUT2D eigenvalue weighted by atomic mass is 127. The number of carbonyl (C=O) groups excluding carboxylic acids is 1. The molecule has 1 aromatic carbocycles. The molecule has 2 N–H and O–H groups in total. The normalized spacial score (nSPS) is 23.1. The van der Waals surface area contributed by atoms with Crippen molar-refractivity contribution >= 4 is 34.5 Å². The largest absolute Gasteiger partial charge is 0.480 e. The van der Waals surface area contributed by atoms with E-state index in [-0.39, 0.29) is 18.9 Å². The molecule has 1 saturated heterocycles. The predicted octanol–water partition coefficient (Wildman–Crippen LogP) is 0.951. The number of rotatable bonds is 2. The molecule has 5 nitrogen and oxygen atoms in total. The molecule has 1 aromatic rings. The van der Waals surface area contributed by atoms with E-state index in [1.54, 1.807) is 18.2 Å². The molecule has 1 heterocycles. The molecule has 2 rings (SSSR count). The molecular formula is C12H12INO4. The van der Waals surface area contributed by atoms with E-state index in [0.29, 0.717) is 5.56 Å². The quantitative estimate of drug-likeness (QED) is 0.769. The Hall–Kier alpha value is -1.15. The topological polar surface area (TPSA) is 77.8 Å². The number of aliphatic hydroxyl groups excluding tert-OH is 1. The summed E-state index contributed by atoms with van der Waals surface area (Å²) in [6.07, 6.45) is -0.678. The minimum absolute atomic E-state index is 0.0707. The summed E-state index contributed by atoms with van der Waals surface area (Å²) in [5.74, 6) is -1.43. The number of amides is 1. The van der Waals surface area contributed by atoms with Crippen LogP contribution in [-0.2, 0) is 4.79 Å². The maximum Gasteiger partial charge on any atom is 0.326 e. The van der Waals surface area contributed by atoms with Gasteiger partial charge in [-0.25, -0.2) is 4.79 Å². The number of likely N-dealkylation sites (tertiary alicyclic amines) is 1. The number of carboxylic acids is 1. The Balaban J connectivity index is 2.25. The van der Waals surface area contributed by atoms with Gasteiger partial charge in [-0.3, -0.25) is 4.79 Å². The van der Waals surface area contributed by atoms with Crippen molar-refractivity contribution in [1.82, 2.24) is 4.90 Å². The van der Waals surface area contributed by atoms with E-state index < -0.39 is 18.1 Å². The zero-order valence-electron chi connectivity index (χ0n) is 9.41. The van der Waals surface area contributed by atoms with Crippen LogP contribution in [0.25, 0.3) is 0 Å². The third-order valence-electron chi connectivity index (χ3n) is 2.90. The van der Waals surface area contributed by atoms with Crippen molar-refractivity contribution in [3.05, 3.63) is 33.4 Å². The number of aliphatic hydroxyl groups is 1. The van der Waals surface area contributed by atoms with E-state index in [9.17, 15) is 14.7 Å². The molecule has 96 valence electrons. The average Bonchev–Trinajstić information content (AvgIpc) is 2.70. The Morgan fingerprint density at radius 1 is 1.39 bits per heavy atom. The maximum atomic E-state index is 12.2. The van der Waals surface area contributed by atoms with E-state index >= 15 is 0 Å². The Labute approximate surface area is 118 Å². The van der Waals surface area contributed by atoms with Gasteiger partial charge in [0.1, 0.15) is 6.04 Å². The molecule has 0 radical (unpaired) electrons. The highest BCUT2D eigenvalue weighted by molar-refractivity contribution is 14.1. The lowest BCUT2D eigenvalue weighted by atomic mass is 10.1. The number of aliphatic carboxylic acids is 1. The molecular weight excluding hydrogens is 349 g/mol. The summed E-state index contributed by atoms with van der Waals surface area (Å²) in [7, 11) is 0. The van der Waals surface area contributed by atoms with Crippen molar-refractivity contribution in [2.75, 3.05) is 6.54 Å². The van der Waals surface area contributed by atoms with Gasteiger partial charge in [-0.15, -0.1) is 0 Å². The van der Waals surface area contributed by atoms with Gasteiger partial charge in [0.25, 0.3) is 5.91 Å². The van der Waals surface area contributed by atoms with Gasteiger partial charge >= 0.3 is 5.97 Å². The lowest BCUT2D eigenvalue weighted by molar-refractivity contribution is -0.141. The number of β-amino-alcohol motifs (C(OH)–C–C–N with tert-alkyl or cyclic N) is 1. The van der Waals surface area contributed by atoms with Gasteiger partial charge in [-0.1, -0.05) is 6.07 Å². The van der Waals surface area contributed by atoms with Crippen LogP contribution < -0.4 is 0 Å². The molecule has 0 spiro atoms. The van der Waals surface area contributed by atoms with E-state index in [0.717, 1.165) is 3.57 Å². The van der Waals surface area contributed by atoms with Crippen LogP contribution in [0.15, 0.2) is 24.3 Å². The molecule has 1 amide bonds. The van der Waals surface area contributed by atoms with Crippen LogP contribution in [0.4, 0.5) is 0 Å². The smallest absolute Gasteiger partial charge is 0.326 e. The monoisotopic (exact) mass is 361 g/mol. The molecule has 2 unspecified atom stereocenters. The van der Waals surface area contributed by atoms with Gasteiger partial charge in [0.15, 0.2) is 0 Å². The Kier molecular flexibility index (Phi) is 3.86. The molecule has 0 aromatic heterocycles. The molecule has 0 aliphatic carbocycles. The van der Waals surface area contributed by atoms with Gasteiger partial charge in [0, 0.05) is 22.1 Å². The Morgan fingerprint density at radius 2 is 2.11 bits per heavy atom. The molecule has 1 aliphatic heterocycles. The van der Waals surface area contributed by atoms with Crippen LogP contribution in [0.2, 0.25) is 0 Å². The first-order chi connectivity index (χ1) is 8.49. The average molecular weight is 361 g/mol. The van der Waals surface area contributed by atoms with Crippen LogP contribution >= 0.6 is 22.6 Å². The number of hydrogen-bond acceptors (Lipinski definition) is 3. The highest BCUT2D eigenvalue weighted by Crippen LogP contribution is 2.21. The zero-order valence-corrected chi connectivity index (χ0v) is 11.6. The van der Waals surface area contributed by atoms with Crippen molar-refractivity contribution in [2.24, 2.45) is 0 Å². The molecule has 1 aliphatic rings. The predicted molar refractivity (Wildman–Crippen MR) is 72.2 cm³/mol. The fourth-order valence-electron chi connectivity index (χ4n) is 2.06. The first-order valence-electron chi connectivity index (χ1n) is 5.46. The number of carboxylic acid groups (broad SMARTS) is 1. The summed E-state index contributed by atoms with van der Waals surface area (Å²) in [6, 6.07) is 6.01. The fourth-order valence-corrected chi connectivity index (χ4v) is 2.60. The summed E-state index contributed by atoms with van der Waals surface area (Å²) >= 11 is 2.09. The SMILES string of the molecule is O=C(O)C1CC(O)CN1C(=O)c1cccc(I)c1. The third-order valence-corrected chi connectivity index (χ3v) is 3.57. The highest BCUT2D eigenvalue weighted by Gasteiger charge is 2.39. The molecule has 1 fully saturated rings. The Morgan fingerprint density at radius 3 is 2.72 bits per heavy atom. The van der Waals surface area contributed by atoms with E-state index in [2.05, 4.69) is 22.6 Å². The lowest BCUT2D eigenvalue weighted by Crippen LogP contribution is -2.40. The summed E-state index contributed by atoms with van der Waals surface area (Å²) in [6.45, 7) is 0.0707. The first-order valence-corrected chi connectivity index (χ1v) is 6.54. The zero-order chi connectivity index (χ0) is 13.3. The van der Waals surface area contributed by atoms with Crippen molar-refractivity contribution in [2.45, 2.75) is 18.6 Å². The fraction of sp³-hybridized carbons (Fsp3) is 0.333. The van der Waals surface area contributed by atoms with Crippen LogP contribution in [0.1, 0.15) is 16.8 Å². The van der Waals surface area contributed by atoms with Gasteiger partial charge < -0.3 is 15.1 Å². The second kappa shape index (κ2) is 5.23. The second-order valence-corrected chi connectivity index (χ2v) is 5.46. The number of nitrogens with zero attached hydrogens (tertiary/aromatic N) is 1.